The zero-order valence-electron chi connectivity index (χ0n) is 16.9. The van der Waals surface area contributed by atoms with Crippen LogP contribution >= 0.6 is 22.7 Å². The third kappa shape index (κ3) is 4.30. The molecule has 30 heavy (non-hydrogen) atoms. The van der Waals surface area contributed by atoms with Crippen molar-refractivity contribution in [3.63, 3.8) is 0 Å². The monoisotopic (exact) mass is 446 g/mol. The molecular weight excluding hydrogens is 424 g/mol. The number of nitrogens with zero attached hydrogens (tertiary/aromatic N) is 3. The molecule has 2 amide bonds. The minimum absolute atomic E-state index is 0.00937. The van der Waals surface area contributed by atoms with Crippen molar-refractivity contribution in [1.82, 2.24) is 9.97 Å². The fourth-order valence-corrected chi connectivity index (χ4v) is 5.19. The number of aromatic nitrogens is 2. The molecule has 1 saturated heterocycles. The minimum Gasteiger partial charge on any atom is -0.497 e. The number of nitrogens with one attached hydrogen (secondary N) is 1. The number of hydrogen-bond donors (Lipinski definition) is 1. The van der Waals surface area contributed by atoms with E-state index in [1.165, 1.54) is 29.6 Å². The number of methoxy groups -OCH3 is 1. The van der Waals surface area contributed by atoms with E-state index in [4.69, 9.17) is 9.47 Å². The van der Waals surface area contributed by atoms with Gasteiger partial charge in [-0.2, -0.15) is 0 Å². The summed E-state index contributed by atoms with van der Waals surface area (Å²) in [5, 5.41) is 3.86. The van der Waals surface area contributed by atoms with E-state index >= 15 is 0 Å². The summed E-state index contributed by atoms with van der Waals surface area (Å²) in [6, 6.07) is 5.57. The number of carbonyl (C=O) groups is 2. The fraction of sp³-hybridized carbons (Fsp3) is 0.400. The maximum atomic E-state index is 12.9. The van der Waals surface area contributed by atoms with Gasteiger partial charge in [-0.05, 0) is 38.0 Å². The van der Waals surface area contributed by atoms with E-state index in [2.05, 4.69) is 15.3 Å². The molecule has 3 heterocycles. The quantitative estimate of drug-likeness (QED) is 0.618. The number of fused-ring (bicyclic) bond motifs is 1. The van der Waals surface area contributed by atoms with E-state index in [9.17, 15) is 9.59 Å². The Hall–Kier alpha value is -2.56. The summed E-state index contributed by atoms with van der Waals surface area (Å²) >= 11 is 2.58. The lowest BCUT2D eigenvalue weighted by Crippen LogP contribution is -2.35. The van der Waals surface area contributed by atoms with Gasteiger partial charge in [-0.25, -0.2) is 9.97 Å². The van der Waals surface area contributed by atoms with Gasteiger partial charge in [0.25, 0.3) is 5.91 Å². The van der Waals surface area contributed by atoms with Crippen LogP contribution in [-0.4, -0.2) is 48.1 Å². The van der Waals surface area contributed by atoms with Gasteiger partial charge in [0.1, 0.15) is 10.6 Å². The number of ether oxygens (including phenoxy) is 2. The normalized spacial score (nSPS) is 16.0. The van der Waals surface area contributed by atoms with Gasteiger partial charge in [-0.1, -0.05) is 22.7 Å². The van der Waals surface area contributed by atoms with Crippen molar-refractivity contribution in [1.29, 1.82) is 0 Å². The van der Waals surface area contributed by atoms with E-state index in [1.54, 1.807) is 18.9 Å². The molecule has 1 aliphatic rings. The van der Waals surface area contributed by atoms with Crippen molar-refractivity contribution in [2.24, 2.45) is 0 Å². The highest BCUT2D eigenvalue weighted by Crippen LogP contribution is 2.31. The molecule has 1 aliphatic heterocycles. The summed E-state index contributed by atoms with van der Waals surface area (Å²) < 4.78 is 11.8. The molecule has 0 aliphatic carbocycles. The molecule has 4 rings (SSSR count). The van der Waals surface area contributed by atoms with Crippen LogP contribution in [0.4, 0.5) is 10.3 Å². The Kier molecular flexibility index (Phi) is 5.98. The van der Waals surface area contributed by atoms with Gasteiger partial charge in [0.15, 0.2) is 10.3 Å². The zero-order chi connectivity index (χ0) is 21.3. The van der Waals surface area contributed by atoms with Crippen molar-refractivity contribution in [3.05, 3.63) is 28.8 Å². The Morgan fingerprint density at radius 1 is 1.33 bits per heavy atom. The average Bonchev–Trinajstić information content (AvgIpc) is 3.44. The van der Waals surface area contributed by atoms with Crippen molar-refractivity contribution in [2.45, 2.75) is 32.8 Å². The summed E-state index contributed by atoms with van der Waals surface area (Å²) in [4.78, 5) is 36.0. The molecule has 8 nitrogen and oxygen atoms in total. The molecule has 0 spiro atoms. The first kappa shape index (κ1) is 20.7. The number of amides is 2. The molecular formula is C20H22N4O4S2. The topological polar surface area (TPSA) is 93.6 Å². The molecule has 158 valence electrons. The first-order valence-corrected chi connectivity index (χ1v) is 11.2. The maximum Gasteiger partial charge on any atom is 0.269 e. The first-order valence-electron chi connectivity index (χ1n) is 9.57. The summed E-state index contributed by atoms with van der Waals surface area (Å²) in [5.41, 5.74) is 1.37. The van der Waals surface area contributed by atoms with Gasteiger partial charge in [-0.3, -0.25) is 19.8 Å². The maximum absolute atomic E-state index is 12.9. The van der Waals surface area contributed by atoms with Gasteiger partial charge in [0, 0.05) is 13.5 Å². The van der Waals surface area contributed by atoms with Crippen LogP contribution in [0.25, 0.3) is 10.2 Å². The predicted octanol–water partition coefficient (Wildman–Crippen LogP) is 3.85. The highest BCUT2D eigenvalue weighted by molar-refractivity contribution is 7.22. The van der Waals surface area contributed by atoms with Crippen molar-refractivity contribution < 1.29 is 19.1 Å². The summed E-state index contributed by atoms with van der Waals surface area (Å²) in [7, 11) is 1.61. The molecule has 0 saturated carbocycles. The molecule has 1 aromatic carbocycles. The predicted molar refractivity (Wildman–Crippen MR) is 118 cm³/mol. The third-order valence-corrected chi connectivity index (χ3v) is 6.94. The van der Waals surface area contributed by atoms with Gasteiger partial charge in [-0.15, -0.1) is 0 Å². The second-order valence-corrected chi connectivity index (χ2v) is 8.99. The molecule has 1 N–H and O–H groups in total. The number of aryl methyl sites for hydroxylation is 1. The van der Waals surface area contributed by atoms with Crippen LogP contribution < -0.4 is 15.0 Å². The molecule has 1 atom stereocenters. The standard InChI is InChI=1S/C20H22N4O4S2/c1-11-17(30-20(21-11)24(12(2)25)10-14-5-4-8-28-14)18(26)23-19-22-15-7-6-13(27-3)9-16(15)29-19/h6-7,9,14H,4-5,8,10H2,1-3H3,(H,22,23,26). The van der Waals surface area contributed by atoms with E-state index in [0.717, 1.165) is 35.4 Å². The number of carbonyl (C=O) groups excluding carboxylic acids is 2. The van der Waals surface area contributed by atoms with Crippen LogP contribution in [-0.2, 0) is 9.53 Å². The van der Waals surface area contributed by atoms with Crippen LogP contribution in [0, 0.1) is 6.92 Å². The Morgan fingerprint density at radius 3 is 2.87 bits per heavy atom. The summed E-state index contributed by atoms with van der Waals surface area (Å²) in [6.07, 6.45) is 1.92. The Balaban J connectivity index is 1.53. The third-order valence-electron chi connectivity index (χ3n) is 4.83. The molecule has 2 aromatic heterocycles. The molecule has 1 fully saturated rings. The molecule has 10 heteroatoms. The molecule has 3 aromatic rings. The van der Waals surface area contributed by atoms with Gasteiger partial charge < -0.3 is 9.47 Å². The molecule has 0 radical (unpaired) electrons. The SMILES string of the molecule is COc1ccc2nc(NC(=O)c3sc(N(CC4CCCO4)C(C)=O)nc3C)sc2c1. The highest BCUT2D eigenvalue weighted by Gasteiger charge is 2.26. The van der Waals surface area contributed by atoms with Gasteiger partial charge in [0.05, 0.1) is 35.7 Å². The lowest BCUT2D eigenvalue weighted by Gasteiger charge is -2.21. The van der Waals surface area contributed by atoms with Crippen LogP contribution in [0.5, 0.6) is 5.75 Å². The smallest absolute Gasteiger partial charge is 0.269 e. The van der Waals surface area contributed by atoms with Gasteiger partial charge >= 0.3 is 0 Å². The van der Waals surface area contributed by atoms with Crippen molar-refractivity contribution >= 4 is 55.0 Å². The van der Waals surface area contributed by atoms with E-state index in [0.29, 0.717) is 27.4 Å². The Morgan fingerprint density at radius 2 is 2.17 bits per heavy atom. The molecule has 1 unspecified atom stereocenters. The van der Waals surface area contributed by atoms with E-state index < -0.39 is 0 Å². The van der Waals surface area contributed by atoms with Crippen LogP contribution in [0.1, 0.15) is 35.1 Å². The summed E-state index contributed by atoms with van der Waals surface area (Å²) in [5.74, 6) is 0.330. The number of thiazole rings is 2. The second-order valence-electron chi connectivity index (χ2n) is 6.98. The number of anilines is 2. The van der Waals surface area contributed by atoms with Crippen molar-refractivity contribution in [2.75, 3.05) is 30.5 Å². The summed E-state index contributed by atoms with van der Waals surface area (Å²) in [6.45, 7) is 4.43. The van der Waals surface area contributed by atoms with Crippen molar-refractivity contribution in [3.8, 4) is 5.75 Å². The first-order chi connectivity index (χ1) is 14.4. The fourth-order valence-electron chi connectivity index (χ4n) is 3.28. The van der Waals surface area contributed by atoms with E-state index in [1.807, 2.05) is 18.2 Å². The number of rotatable bonds is 6. The van der Waals surface area contributed by atoms with E-state index in [-0.39, 0.29) is 17.9 Å². The van der Waals surface area contributed by atoms with Crippen LogP contribution in [0.3, 0.4) is 0 Å². The Bertz CT molecular complexity index is 1090. The largest absolute Gasteiger partial charge is 0.497 e. The lowest BCUT2D eigenvalue weighted by molar-refractivity contribution is -0.116. The average molecular weight is 447 g/mol. The lowest BCUT2D eigenvalue weighted by atomic mass is 10.2. The molecule has 0 bridgehead atoms. The number of hydrogen-bond acceptors (Lipinski definition) is 8. The van der Waals surface area contributed by atoms with Gasteiger partial charge in [0.2, 0.25) is 5.91 Å². The number of benzene rings is 1. The second kappa shape index (κ2) is 8.66. The minimum atomic E-state index is -0.289. The van der Waals surface area contributed by atoms with Crippen LogP contribution in [0.2, 0.25) is 0 Å². The van der Waals surface area contributed by atoms with Crippen LogP contribution in [0.15, 0.2) is 18.2 Å². The Labute approximate surface area is 181 Å². The highest BCUT2D eigenvalue weighted by atomic mass is 32.1. The zero-order valence-corrected chi connectivity index (χ0v) is 18.6.